The third-order valence-corrected chi connectivity index (χ3v) is 4.33. The largest absolute Gasteiger partial charge is 0.494 e. The molecule has 0 radical (unpaired) electrons. The van der Waals surface area contributed by atoms with Crippen molar-refractivity contribution in [3.63, 3.8) is 0 Å². The Balaban J connectivity index is 2.34. The maximum atomic E-state index is 12.5. The highest BCUT2D eigenvalue weighted by atomic mass is 79.9. The number of hydrogen-bond acceptors (Lipinski definition) is 6. The fraction of sp³-hybridized carbons (Fsp3) is 0.222. The van der Waals surface area contributed by atoms with Crippen LogP contribution < -0.4 is 20.8 Å². The molecule has 25 heavy (non-hydrogen) atoms. The summed E-state index contributed by atoms with van der Waals surface area (Å²) in [5.74, 6) is 0.480. The van der Waals surface area contributed by atoms with Crippen LogP contribution in [0.2, 0.25) is 0 Å². The molecular formula is C18H15BrN2O4. The van der Waals surface area contributed by atoms with Crippen LogP contribution in [0.15, 0.2) is 49.4 Å². The Bertz CT molecular complexity index is 972. The summed E-state index contributed by atoms with van der Waals surface area (Å²) in [6, 6.07) is 9.04. The van der Waals surface area contributed by atoms with Gasteiger partial charge in [0.15, 0.2) is 0 Å². The fourth-order valence-corrected chi connectivity index (χ4v) is 3.24. The van der Waals surface area contributed by atoms with Crippen LogP contribution in [0.5, 0.6) is 11.5 Å². The highest BCUT2D eigenvalue weighted by Gasteiger charge is 2.36. The minimum atomic E-state index is -0.732. The predicted octanol–water partition coefficient (Wildman–Crippen LogP) is 3.33. The van der Waals surface area contributed by atoms with Crippen molar-refractivity contribution in [2.75, 3.05) is 6.61 Å². The molecule has 6 nitrogen and oxygen atoms in total. The van der Waals surface area contributed by atoms with Gasteiger partial charge in [-0.05, 0) is 32.0 Å². The molecule has 0 bridgehead atoms. The van der Waals surface area contributed by atoms with E-state index >= 15 is 0 Å². The smallest absolute Gasteiger partial charge is 0.343 e. The maximum Gasteiger partial charge on any atom is 0.343 e. The van der Waals surface area contributed by atoms with E-state index in [1.165, 1.54) is 0 Å². The Labute approximate surface area is 152 Å². The Morgan fingerprint density at radius 3 is 2.84 bits per heavy atom. The minimum absolute atomic E-state index is 0.0348. The quantitative estimate of drug-likeness (QED) is 0.844. The van der Waals surface area contributed by atoms with Gasteiger partial charge in [-0.15, -0.1) is 0 Å². The van der Waals surface area contributed by atoms with E-state index in [1.54, 1.807) is 25.1 Å². The van der Waals surface area contributed by atoms with E-state index < -0.39 is 11.5 Å². The van der Waals surface area contributed by atoms with Crippen molar-refractivity contribution in [1.82, 2.24) is 0 Å². The normalized spacial score (nSPS) is 16.0. The average molecular weight is 403 g/mol. The first-order valence-electron chi connectivity index (χ1n) is 7.60. The third kappa shape index (κ3) is 3.01. The molecule has 2 N–H and O–H groups in total. The average Bonchev–Trinajstić information content (AvgIpc) is 2.55. The molecule has 0 fully saturated rings. The van der Waals surface area contributed by atoms with E-state index in [9.17, 15) is 10.1 Å². The van der Waals surface area contributed by atoms with Gasteiger partial charge in [0.1, 0.15) is 28.9 Å². The number of aryl methyl sites for hydroxylation is 1. The molecule has 1 atom stereocenters. The van der Waals surface area contributed by atoms with Gasteiger partial charge in [0.25, 0.3) is 0 Å². The minimum Gasteiger partial charge on any atom is -0.494 e. The van der Waals surface area contributed by atoms with Crippen LogP contribution >= 0.6 is 15.9 Å². The lowest BCUT2D eigenvalue weighted by atomic mass is 9.84. The van der Waals surface area contributed by atoms with Crippen LogP contribution in [0.1, 0.15) is 29.7 Å². The number of fused-ring (bicyclic) bond motifs is 1. The summed E-state index contributed by atoms with van der Waals surface area (Å²) in [5, 5.41) is 9.60. The molecule has 7 heteroatoms. The van der Waals surface area contributed by atoms with Gasteiger partial charge in [-0.1, -0.05) is 15.9 Å². The van der Waals surface area contributed by atoms with Gasteiger partial charge >= 0.3 is 5.63 Å². The lowest BCUT2D eigenvalue weighted by Gasteiger charge is -2.26. The van der Waals surface area contributed by atoms with Crippen molar-refractivity contribution in [2.24, 2.45) is 5.73 Å². The molecule has 0 saturated carbocycles. The van der Waals surface area contributed by atoms with E-state index in [1.807, 2.05) is 13.0 Å². The fourth-order valence-electron chi connectivity index (χ4n) is 2.86. The maximum absolute atomic E-state index is 12.5. The van der Waals surface area contributed by atoms with E-state index in [4.69, 9.17) is 19.6 Å². The first kappa shape index (κ1) is 17.1. The molecule has 2 aromatic rings. The highest BCUT2D eigenvalue weighted by Crippen LogP contribution is 2.44. The van der Waals surface area contributed by atoms with Gasteiger partial charge < -0.3 is 19.6 Å². The van der Waals surface area contributed by atoms with Gasteiger partial charge in [-0.25, -0.2) is 4.79 Å². The Kier molecular flexibility index (Phi) is 4.55. The second-order valence-corrected chi connectivity index (χ2v) is 6.38. The lowest BCUT2D eigenvalue weighted by molar-refractivity contribution is 0.333. The summed E-state index contributed by atoms with van der Waals surface area (Å²) in [6.45, 7) is 3.94. The van der Waals surface area contributed by atoms with Crippen molar-refractivity contribution in [3.8, 4) is 17.6 Å². The van der Waals surface area contributed by atoms with Crippen LogP contribution in [0.4, 0.5) is 0 Å². The monoisotopic (exact) mass is 402 g/mol. The van der Waals surface area contributed by atoms with Crippen LogP contribution in [-0.2, 0) is 0 Å². The van der Waals surface area contributed by atoms with Crippen LogP contribution in [0.25, 0.3) is 0 Å². The second-order valence-electron chi connectivity index (χ2n) is 5.46. The Hall–Kier alpha value is -2.72. The highest BCUT2D eigenvalue weighted by molar-refractivity contribution is 9.10. The SMILES string of the molecule is CCOc1ccc(Br)cc1C1C(C#N)=C(N)Oc2cc(C)oc(=O)c21. The second kappa shape index (κ2) is 6.65. The molecule has 2 heterocycles. The predicted molar refractivity (Wildman–Crippen MR) is 94.3 cm³/mol. The summed E-state index contributed by atoms with van der Waals surface area (Å²) < 4.78 is 17.2. The number of allylic oxidation sites excluding steroid dienone is 1. The Morgan fingerprint density at radius 1 is 1.40 bits per heavy atom. The zero-order valence-corrected chi connectivity index (χ0v) is 15.2. The molecule has 0 aliphatic carbocycles. The molecule has 0 saturated heterocycles. The molecular weight excluding hydrogens is 388 g/mol. The zero-order chi connectivity index (χ0) is 18.1. The number of benzene rings is 1. The molecule has 1 aliphatic rings. The van der Waals surface area contributed by atoms with Crippen molar-refractivity contribution < 1.29 is 13.9 Å². The van der Waals surface area contributed by atoms with Gasteiger partial charge in [-0.3, -0.25) is 0 Å². The number of halogens is 1. The van der Waals surface area contributed by atoms with E-state index in [0.717, 1.165) is 4.47 Å². The first-order chi connectivity index (χ1) is 12.0. The van der Waals surface area contributed by atoms with E-state index in [2.05, 4.69) is 22.0 Å². The summed E-state index contributed by atoms with van der Waals surface area (Å²) in [4.78, 5) is 12.5. The van der Waals surface area contributed by atoms with Gasteiger partial charge in [-0.2, -0.15) is 5.26 Å². The summed E-state index contributed by atoms with van der Waals surface area (Å²) in [6.07, 6.45) is 0. The number of ether oxygens (including phenoxy) is 2. The number of nitrogens with zero attached hydrogens (tertiary/aromatic N) is 1. The zero-order valence-electron chi connectivity index (χ0n) is 13.6. The molecule has 1 unspecified atom stereocenters. The van der Waals surface area contributed by atoms with Gasteiger partial charge in [0.05, 0.1) is 18.1 Å². The number of rotatable bonds is 3. The van der Waals surface area contributed by atoms with Crippen molar-refractivity contribution >= 4 is 15.9 Å². The summed E-state index contributed by atoms with van der Waals surface area (Å²) >= 11 is 3.42. The first-order valence-corrected chi connectivity index (χ1v) is 8.40. The standard InChI is InChI=1S/C18H15BrN2O4/c1-3-23-13-5-4-10(19)7-11(13)15-12(8-20)17(21)25-14-6-9(2)24-18(22)16(14)15/h4-7,15H,3,21H2,1-2H3. The number of hydrogen-bond donors (Lipinski definition) is 1. The van der Waals surface area contributed by atoms with Crippen LogP contribution in [-0.4, -0.2) is 6.61 Å². The number of nitrogens with two attached hydrogens (primary N) is 1. The van der Waals surface area contributed by atoms with Crippen LogP contribution in [0, 0.1) is 18.3 Å². The summed E-state index contributed by atoms with van der Waals surface area (Å²) in [7, 11) is 0. The molecule has 128 valence electrons. The van der Waals surface area contributed by atoms with Gasteiger partial charge in [0.2, 0.25) is 5.88 Å². The molecule has 0 spiro atoms. The molecule has 3 rings (SSSR count). The molecule has 1 aromatic carbocycles. The Morgan fingerprint density at radius 2 is 2.16 bits per heavy atom. The molecule has 0 amide bonds. The lowest BCUT2D eigenvalue weighted by Crippen LogP contribution is -2.26. The van der Waals surface area contributed by atoms with Gasteiger partial charge in [0, 0.05) is 16.1 Å². The number of nitriles is 1. The third-order valence-electron chi connectivity index (χ3n) is 3.84. The van der Waals surface area contributed by atoms with E-state index in [-0.39, 0.29) is 22.8 Å². The topological polar surface area (TPSA) is 98.5 Å². The van der Waals surface area contributed by atoms with Crippen molar-refractivity contribution in [2.45, 2.75) is 19.8 Å². The molecule has 1 aromatic heterocycles. The van der Waals surface area contributed by atoms with Crippen molar-refractivity contribution in [3.05, 3.63) is 67.5 Å². The van der Waals surface area contributed by atoms with Crippen LogP contribution in [0.3, 0.4) is 0 Å². The van der Waals surface area contributed by atoms with Crippen molar-refractivity contribution in [1.29, 1.82) is 5.26 Å². The summed E-state index contributed by atoms with van der Waals surface area (Å²) in [5.41, 5.74) is 6.39. The molecule has 1 aliphatic heterocycles. The van der Waals surface area contributed by atoms with E-state index in [0.29, 0.717) is 23.7 Å².